The molecule has 1 atom stereocenters. The molecule has 1 heterocycles. The molecule has 0 radical (unpaired) electrons. The van der Waals surface area contributed by atoms with Crippen molar-refractivity contribution in [1.82, 2.24) is 10.3 Å². The number of anilines is 1. The highest BCUT2D eigenvalue weighted by atomic mass is 32.2. The molecule has 0 aliphatic rings. The minimum atomic E-state index is 0.0724. The van der Waals surface area contributed by atoms with Crippen molar-refractivity contribution >= 4 is 34.1 Å². The van der Waals surface area contributed by atoms with Crippen molar-refractivity contribution in [3.8, 4) is 0 Å². The fraction of sp³-hybridized carbons (Fsp3) is 0.667. The summed E-state index contributed by atoms with van der Waals surface area (Å²) in [4.78, 5) is 15.6. The molecule has 1 aromatic rings. The number of thiazole rings is 1. The minimum absolute atomic E-state index is 0.0724. The van der Waals surface area contributed by atoms with Crippen molar-refractivity contribution < 1.29 is 4.79 Å². The number of hydrogen-bond acceptors (Lipinski definition) is 5. The number of nitrogens with zero attached hydrogens (tertiary/aromatic N) is 1. The Bertz CT molecular complexity index is 379. The molecule has 0 aliphatic carbocycles. The molecule has 3 N–H and O–H groups in total. The Hall–Kier alpha value is -0.750. The van der Waals surface area contributed by atoms with E-state index in [2.05, 4.69) is 31.1 Å². The number of hydrogen-bond donors (Lipinski definition) is 2. The zero-order valence-corrected chi connectivity index (χ0v) is 12.7. The summed E-state index contributed by atoms with van der Waals surface area (Å²) in [5, 5.41) is 3.55. The molecule has 1 amide bonds. The van der Waals surface area contributed by atoms with Gasteiger partial charge >= 0.3 is 0 Å². The van der Waals surface area contributed by atoms with Crippen molar-refractivity contribution in [3.05, 3.63) is 6.20 Å². The van der Waals surface area contributed by atoms with Gasteiger partial charge in [0.1, 0.15) is 0 Å². The van der Waals surface area contributed by atoms with Crippen molar-refractivity contribution in [2.45, 2.75) is 43.9 Å². The lowest BCUT2D eigenvalue weighted by Gasteiger charge is -2.14. The van der Waals surface area contributed by atoms with Gasteiger partial charge in [0.15, 0.2) is 5.13 Å². The van der Waals surface area contributed by atoms with E-state index in [1.165, 1.54) is 23.1 Å². The molecule has 6 heteroatoms. The molecule has 0 saturated heterocycles. The fourth-order valence-corrected chi connectivity index (χ4v) is 3.02. The number of aromatic nitrogens is 1. The molecular weight excluding hydrogens is 266 g/mol. The summed E-state index contributed by atoms with van der Waals surface area (Å²) < 4.78 is 0.984. The molecular formula is C12H21N3OS2. The monoisotopic (exact) mass is 287 g/mol. The Balaban J connectivity index is 2.20. The van der Waals surface area contributed by atoms with E-state index in [0.29, 0.717) is 16.8 Å². The summed E-state index contributed by atoms with van der Waals surface area (Å²) in [5.74, 6) is 1.18. The van der Waals surface area contributed by atoms with E-state index in [1.54, 1.807) is 6.20 Å². The third-order valence-corrected chi connectivity index (χ3v) is 4.45. The van der Waals surface area contributed by atoms with E-state index in [9.17, 15) is 4.79 Å². The van der Waals surface area contributed by atoms with Gasteiger partial charge in [-0.3, -0.25) is 4.79 Å². The van der Waals surface area contributed by atoms with Gasteiger partial charge in [-0.05, 0) is 25.7 Å². The number of carbonyl (C=O) groups excluding carboxylic acids is 1. The van der Waals surface area contributed by atoms with Crippen LogP contribution in [0.4, 0.5) is 5.13 Å². The Morgan fingerprint density at radius 3 is 2.78 bits per heavy atom. The third-order valence-electron chi connectivity index (χ3n) is 2.43. The molecule has 0 aromatic carbocycles. The summed E-state index contributed by atoms with van der Waals surface area (Å²) in [6, 6.07) is 0.243. The van der Waals surface area contributed by atoms with Crippen LogP contribution >= 0.6 is 23.1 Å². The first-order chi connectivity index (χ1) is 8.47. The zero-order valence-electron chi connectivity index (χ0n) is 11.1. The number of thioether (sulfide) groups is 1. The number of nitrogen functional groups attached to an aromatic ring is 1. The molecule has 1 unspecified atom stereocenters. The van der Waals surface area contributed by atoms with E-state index in [4.69, 9.17) is 5.73 Å². The normalized spacial score (nSPS) is 12.7. The first-order valence-corrected chi connectivity index (χ1v) is 7.91. The fourth-order valence-electron chi connectivity index (χ4n) is 1.45. The maximum absolute atomic E-state index is 11.7. The molecule has 18 heavy (non-hydrogen) atoms. The third kappa shape index (κ3) is 6.26. The topological polar surface area (TPSA) is 68.0 Å². The van der Waals surface area contributed by atoms with E-state index in [0.717, 1.165) is 17.1 Å². The molecule has 0 saturated carbocycles. The van der Waals surface area contributed by atoms with Crippen LogP contribution in [-0.2, 0) is 4.79 Å². The van der Waals surface area contributed by atoms with Crippen LogP contribution in [0.3, 0.4) is 0 Å². The second-order valence-electron chi connectivity index (χ2n) is 4.75. The lowest BCUT2D eigenvalue weighted by atomic mass is 10.0. The Morgan fingerprint density at radius 2 is 2.22 bits per heavy atom. The van der Waals surface area contributed by atoms with Crippen molar-refractivity contribution in [2.75, 3.05) is 11.5 Å². The van der Waals surface area contributed by atoms with Crippen molar-refractivity contribution in [2.24, 2.45) is 5.92 Å². The van der Waals surface area contributed by atoms with Gasteiger partial charge in [-0.15, -0.1) is 11.8 Å². The van der Waals surface area contributed by atoms with Crippen LogP contribution in [0.5, 0.6) is 0 Å². The first kappa shape index (κ1) is 15.3. The van der Waals surface area contributed by atoms with Gasteiger partial charge in [-0.25, -0.2) is 4.98 Å². The van der Waals surface area contributed by atoms with Crippen LogP contribution in [0, 0.1) is 5.92 Å². The Morgan fingerprint density at radius 1 is 1.50 bits per heavy atom. The maximum Gasteiger partial charge on any atom is 0.230 e. The standard InChI is InChI=1S/C12H21N3OS2/c1-8(2)4-5-9(3)15-10(16)7-17-11-6-14-12(13)18-11/h6,8-9H,4-5,7H2,1-3H3,(H2,13,14)(H,15,16). The van der Waals surface area contributed by atoms with Gasteiger partial charge in [0.25, 0.3) is 0 Å². The highest BCUT2D eigenvalue weighted by molar-refractivity contribution is 8.01. The molecule has 0 bridgehead atoms. The van der Waals surface area contributed by atoms with Crippen LogP contribution < -0.4 is 11.1 Å². The molecule has 0 spiro atoms. The molecule has 0 aliphatic heterocycles. The van der Waals surface area contributed by atoms with E-state index >= 15 is 0 Å². The second kappa shape index (κ2) is 7.63. The SMILES string of the molecule is CC(C)CCC(C)NC(=O)CSc1cnc(N)s1. The molecule has 0 fully saturated rings. The number of nitrogens with one attached hydrogen (secondary N) is 1. The molecule has 102 valence electrons. The predicted octanol–water partition coefficient (Wildman–Crippen LogP) is 2.76. The highest BCUT2D eigenvalue weighted by Gasteiger charge is 2.09. The van der Waals surface area contributed by atoms with E-state index < -0.39 is 0 Å². The minimum Gasteiger partial charge on any atom is -0.375 e. The van der Waals surface area contributed by atoms with Crippen LogP contribution in [0.25, 0.3) is 0 Å². The number of carbonyl (C=O) groups is 1. The Labute approximate surface area is 117 Å². The van der Waals surface area contributed by atoms with Crippen LogP contribution in [0.15, 0.2) is 10.4 Å². The van der Waals surface area contributed by atoms with Crippen LogP contribution in [-0.4, -0.2) is 22.7 Å². The predicted molar refractivity (Wildman–Crippen MR) is 78.9 cm³/mol. The second-order valence-corrected chi connectivity index (χ2v) is 7.08. The largest absolute Gasteiger partial charge is 0.375 e. The molecule has 1 rings (SSSR count). The average Bonchev–Trinajstić information content (AvgIpc) is 2.70. The van der Waals surface area contributed by atoms with Crippen LogP contribution in [0.2, 0.25) is 0 Å². The zero-order chi connectivity index (χ0) is 13.5. The Kier molecular flexibility index (Phi) is 6.49. The average molecular weight is 287 g/mol. The summed E-state index contributed by atoms with van der Waals surface area (Å²) in [6.07, 6.45) is 3.88. The molecule has 1 aromatic heterocycles. The smallest absolute Gasteiger partial charge is 0.230 e. The van der Waals surface area contributed by atoms with E-state index in [-0.39, 0.29) is 11.9 Å². The number of amides is 1. The summed E-state index contributed by atoms with van der Waals surface area (Å²) in [5.41, 5.74) is 5.53. The summed E-state index contributed by atoms with van der Waals surface area (Å²) in [6.45, 7) is 6.44. The summed E-state index contributed by atoms with van der Waals surface area (Å²) in [7, 11) is 0. The number of rotatable bonds is 7. The highest BCUT2D eigenvalue weighted by Crippen LogP contribution is 2.25. The van der Waals surface area contributed by atoms with Crippen molar-refractivity contribution in [1.29, 1.82) is 0 Å². The first-order valence-electron chi connectivity index (χ1n) is 6.11. The molecule has 4 nitrogen and oxygen atoms in total. The van der Waals surface area contributed by atoms with Crippen LogP contribution in [0.1, 0.15) is 33.6 Å². The van der Waals surface area contributed by atoms with Gasteiger partial charge in [-0.2, -0.15) is 0 Å². The number of nitrogens with two attached hydrogens (primary N) is 1. The van der Waals surface area contributed by atoms with Gasteiger partial charge < -0.3 is 11.1 Å². The van der Waals surface area contributed by atoms with Crippen molar-refractivity contribution in [3.63, 3.8) is 0 Å². The lowest BCUT2D eigenvalue weighted by molar-refractivity contribution is -0.119. The lowest BCUT2D eigenvalue weighted by Crippen LogP contribution is -2.33. The maximum atomic E-state index is 11.7. The van der Waals surface area contributed by atoms with Gasteiger partial charge in [0, 0.05) is 6.04 Å². The van der Waals surface area contributed by atoms with E-state index in [1.807, 2.05) is 0 Å². The quantitative estimate of drug-likeness (QED) is 0.757. The summed E-state index contributed by atoms with van der Waals surface area (Å²) >= 11 is 2.89. The van der Waals surface area contributed by atoms with Gasteiger partial charge in [0.05, 0.1) is 16.2 Å². The van der Waals surface area contributed by atoms with Gasteiger partial charge in [-0.1, -0.05) is 25.2 Å². The van der Waals surface area contributed by atoms with Gasteiger partial charge in [0.2, 0.25) is 5.91 Å².